The van der Waals surface area contributed by atoms with Crippen LogP contribution in [0.1, 0.15) is 47.6 Å². The van der Waals surface area contributed by atoms with Gasteiger partial charge in [-0.1, -0.05) is 121 Å². The van der Waals surface area contributed by atoms with Gasteiger partial charge in [-0.15, -0.1) is 0 Å². The molecule has 0 bridgehead atoms. The lowest BCUT2D eigenvalue weighted by atomic mass is 9.93. The van der Waals surface area contributed by atoms with Gasteiger partial charge in [0, 0.05) is 0 Å². The molecule has 0 saturated carbocycles. The summed E-state index contributed by atoms with van der Waals surface area (Å²) in [5.41, 5.74) is 4.13. The van der Waals surface area contributed by atoms with E-state index in [0.29, 0.717) is 6.61 Å². The minimum atomic E-state index is -0.632. The summed E-state index contributed by atoms with van der Waals surface area (Å²) >= 11 is 0. The lowest BCUT2D eigenvalue weighted by Gasteiger charge is -2.36. The van der Waals surface area contributed by atoms with Gasteiger partial charge in [-0.2, -0.15) is 0 Å². The zero-order chi connectivity index (χ0) is 24.0. The summed E-state index contributed by atoms with van der Waals surface area (Å²) in [6.45, 7) is 2.15. The van der Waals surface area contributed by atoms with E-state index in [-0.39, 0.29) is 12.0 Å². The predicted octanol–water partition coefficient (Wildman–Crippen LogP) is 6.48. The third-order valence-electron chi connectivity index (χ3n) is 6.42. The first-order chi connectivity index (χ1) is 17.3. The maximum absolute atomic E-state index is 13.6. The van der Waals surface area contributed by atoms with E-state index in [2.05, 4.69) is 41.3 Å². The molecule has 0 amide bonds. The van der Waals surface area contributed by atoms with E-state index in [0.717, 1.165) is 22.3 Å². The van der Waals surface area contributed by atoms with Crippen molar-refractivity contribution in [3.8, 4) is 0 Å². The third-order valence-corrected chi connectivity index (χ3v) is 6.42. The van der Waals surface area contributed by atoms with Crippen molar-refractivity contribution in [3.63, 3.8) is 0 Å². The number of ether oxygens (including phenoxy) is 2. The highest BCUT2D eigenvalue weighted by molar-refractivity contribution is 5.77. The van der Waals surface area contributed by atoms with Gasteiger partial charge in [0.1, 0.15) is 18.4 Å². The van der Waals surface area contributed by atoms with E-state index < -0.39 is 18.4 Å². The van der Waals surface area contributed by atoms with Crippen LogP contribution in [0.3, 0.4) is 0 Å². The van der Waals surface area contributed by atoms with Crippen LogP contribution in [0, 0.1) is 0 Å². The van der Waals surface area contributed by atoms with Crippen LogP contribution < -0.4 is 0 Å². The molecule has 1 aliphatic rings. The average molecular weight is 464 g/mol. The fourth-order valence-electron chi connectivity index (χ4n) is 4.93. The number of hydrogen-bond acceptors (Lipinski definition) is 4. The van der Waals surface area contributed by atoms with Gasteiger partial charge in [0.15, 0.2) is 0 Å². The number of carbonyl (C=O) groups is 1. The first-order valence-electron chi connectivity index (χ1n) is 12.1. The van der Waals surface area contributed by atoms with Gasteiger partial charge in [0.05, 0.1) is 12.6 Å². The van der Waals surface area contributed by atoms with Crippen LogP contribution in [0.2, 0.25) is 0 Å². The van der Waals surface area contributed by atoms with Crippen LogP contribution in [-0.4, -0.2) is 23.5 Å². The van der Waals surface area contributed by atoms with Crippen LogP contribution in [0.25, 0.3) is 0 Å². The molecule has 0 aliphatic carbocycles. The summed E-state index contributed by atoms with van der Waals surface area (Å²) in [6.07, 6.45) is -0.920. The topological polar surface area (TPSA) is 38.8 Å². The number of nitrogens with zero attached hydrogens (tertiary/aromatic N) is 1. The van der Waals surface area contributed by atoms with Crippen LogP contribution in [0.5, 0.6) is 0 Å². The minimum Gasteiger partial charge on any atom is -0.465 e. The van der Waals surface area contributed by atoms with E-state index in [1.807, 2.05) is 91.9 Å². The Labute approximate surface area is 206 Å². The molecule has 5 rings (SSSR count). The molecule has 4 nitrogen and oxygen atoms in total. The van der Waals surface area contributed by atoms with Gasteiger partial charge >= 0.3 is 5.97 Å². The molecular formula is C31H29NO3. The Hall–Kier alpha value is -3.73. The molecule has 0 spiro atoms. The van der Waals surface area contributed by atoms with Crippen LogP contribution >= 0.6 is 0 Å². The Morgan fingerprint density at radius 3 is 1.69 bits per heavy atom. The maximum atomic E-state index is 13.6. The van der Waals surface area contributed by atoms with E-state index >= 15 is 0 Å². The fraction of sp³-hybridized carbons (Fsp3) is 0.194. The summed E-state index contributed by atoms with van der Waals surface area (Å²) in [6, 6.07) is 39.8. The van der Waals surface area contributed by atoms with Crippen molar-refractivity contribution >= 4 is 5.97 Å². The second-order valence-electron chi connectivity index (χ2n) is 8.60. The molecule has 1 saturated heterocycles. The van der Waals surface area contributed by atoms with Crippen molar-refractivity contribution in [3.05, 3.63) is 144 Å². The van der Waals surface area contributed by atoms with E-state index in [9.17, 15) is 4.79 Å². The molecule has 176 valence electrons. The van der Waals surface area contributed by atoms with Crippen molar-refractivity contribution in [1.29, 1.82) is 0 Å². The predicted molar refractivity (Wildman–Crippen MR) is 136 cm³/mol. The Bertz CT molecular complexity index is 1180. The third kappa shape index (κ3) is 4.76. The van der Waals surface area contributed by atoms with Crippen LogP contribution in [-0.2, 0) is 14.3 Å². The number of benzene rings is 4. The van der Waals surface area contributed by atoms with Crippen LogP contribution in [0.4, 0.5) is 0 Å². The molecule has 4 aromatic carbocycles. The summed E-state index contributed by atoms with van der Waals surface area (Å²) in [7, 11) is 0. The fourth-order valence-corrected chi connectivity index (χ4v) is 4.93. The Morgan fingerprint density at radius 1 is 0.743 bits per heavy atom. The van der Waals surface area contributed by atoms with Gasteiger partial charge in [0.25, 0.3) is 0 Å². The summed E-state index contributed by atoms with van der Waals surface area (Å²) in [5.74, 6) is -0.281. The molecule has 1 fully saturated rings. The lowest BCUT2D eigenvalue weighted by Crippen LogP contribution is -2.43. The average Bonchev–Trinajstić information content (AvgIpc) is 3.31. The van der Waals surface area contributed by atoms with E-state index in [1.165, 1.54) is 0 Å². The van der Waals surface area contributed by atoms with Gasteiger partial charge in [-0.25, -0.2) is 4.90 Å². The minimum absolute atomic E-state index is 0.217. The first kappa shape index (κ1) is 23.0. The zero-order valence-corrected chi connectivity index (χ0v) is 19.7. The summed E-state index contributed by atoms with van der Waals surface area (Å²) in [4.78, 5) is 15.8. The number of hydrogen-bond donors (Lipinski definition) is 0. The second kappa shape index (κ2) is 10.7. The molecule has 1 heterocycles. The van der Waals surface area contributed by atoms with Gasteiger partial charge in [-0.05, 0) is 29.2 Å². The summed E-state index contributed by atoms with van der Waals surface area (Å²) < 4.78 is 12.4. The molecule has 0 N–H and O–H groups in total. The quantitative estimate of drug-likeness (QED) is 0.294. The SMILES string of the molecule is CCOC(=O)[C@@H]1[C@@H](c2ccccc2)O[C@H](c2ccccc2)N1C(c1ccccc1)c1ccccc1. The van der Waals surface area contributed by atoms with Crippen LogP contribution in [0.15, 0.2) is 121 Å². The number of rotatable bonds is 7. The highest BCUT2D eigenvalue weighted by atomic mass is 16.6. The Balaban J connectivity index is 1.72. The standard InChI is InChI=1S/C31H29NO3/c1-2-34-31(33)28-29(25-19-11-5-12-20-25)35-30(26-21-13-6-14-22-26)32(28)27(23-15-7-3-8-16-23)24-17-9-4-10-18-24/h3-22,27-30H,2H2,1H3/t28-,29+,30+/m0/s1. The van der Waals surface area contributed by atoms with E-state index in [1.54, 1.807) is 0 Å². The molecule has 0 radical (unpaired) electrons. The van der Waals surface area contributed by atoms with Crippen molar-refractivity contribution in [2.45, 2.75) is 31.3 Å². The molecule has 4 aromatic rings. The zero-order valence-electron chi connectivity index (χ0n) is 19.7. The normalized spacial score (nSPS) is 20.1. The highest BCUT2D eigenvalue weighted by Crippen LogP contribution is 2.49. The summed E-state index contributed by atoms with van der Waals surface area (Å²) in [5, 5.41) is 0. The molecule has 0 aromatic heterocycles. The molecule has 3 atom stereocenters. The highest BCUT2D eigenvalue weighted by Gasteiger charge is 2.51. The van der Waals surface area contributed by atoms with Crippen molar-refractivity contribution < 1.29 is 14.3 Å². The molecule has 0 unspecified atom stereocenters. The van der Waals surface area contributed by atoms with E-state index in [4.69, 9.17) is 9.47 Å². The first-order valence-corrected chi connectivity index (χ1v) is 12.1. The number of carbonyl (C=O) groups excluding carboxylic acids is 1. The largest absolute Gasteiger partial charge is 0.465 e. The Kier molecular flexibility index (Phi) is 7.03. The molecule has 35 heavy (non-hydrogen) atoms. The van der Waals surface area contributed by atoms with Gasteiger partial charge in [-0.3, -0.25) is 4.79 Å². The number of esters is 1. The molecule has 1 aliphatic heterocycles. The molecular weight excluding hydrogens is 434 g/mol. The lowest BCUT2D eigenvalue weighted by molar-refractivity contribution is -0.150. The second-order valence-corrected chi connectivity index (χ2v) is 8.60. The van der Waals surface area contributed by atoms with Crippen molar-refractivity contribution in [1.82, 2.24) is 4.90 Å². The monoisotopic (exact) mass is 463 g/mol. The van der Waals surface area contributed by atoms with Crippen molar-refractivity contribution in [2.24, 2.45) is 0 Å². The van der Waals surface area contributed by atoms with Gasteiger partial charge < -0.3 is 9.47 Å². The van der Waals surface area contributed by atoms with Crippen molar-refractivity contribution in [2.75, 3.05) is 6.61 Å². The smallest absolute Gasteiger partial charge is 0.326 e. The molecule has 4 heteroatoms. The maximum Gasteiger partial charge on any atom is 0.326 e. The Morgan fingerprint density at radius 2 is 1.20 bits per heavy atom. The van der Waals surface area contributed by atoms with Gasteiger partial charge in [0.2, 0.25) is 0 Å².